The molecule has 156 valence electrons. The van der Waals surface area contributed by atoms with Gasteiger partial charge in [-0.2, -0.15) is 0 Å². The Labute approximate surface area is 182 Å². The van der Waals surface area contributed by atoms with Crippen LogP contribution in [0, 0.1) is 0 Å². The standard InChI is InChI=1S/C27H25NO3/c1-2-6-20-9-15-24(16-10-20)30-19-25-17-18-26(31-25)27(29)28-23-13-11-22(12-14-23)21-7-4-3-5-8-21/h3-5,7-18H,2,6,19H2,1H3,(H,28,29). The predicted octanol–water partition coefficient (Wildman–Crippen LogP) is 6.73. The van der Waals surface area contributed by atoms with Crippen LogP contribution >= 0.6 is 0 Å². The van der Waals surface area contributed by atoms with Crippen molar-refractivity contribution in [3.8, 4) is 16.9 Å². The lowest BCUT2D eigenvalue weighted by Crippen LogP contribution is -2.10. The summed E-state index contributed by atoms with van der Waals surface area (Å²) in [7, 11) is 0. The van der Waals surface area contributed by atoms with E-state index in [2.05, 4.69) is 36.5 Å². The van der Waals surface area contributed by atoms with Crippen LogP contribution in [-0.2, 0) is 13.0 Å². The summed E-state index contributed by atoms with van der Waals surface area (Å²) >= 11 is 0. The van der Waals surface area contributed by atoms with Crippen LogP contribution in [0.25, 0.3) is 11.1 Å². The number of aryl methyl sites for hydroxylation is 1. The fourth-order valence-corrected chi connectivity index (χ4v) is 3.34. The largest absolute Gasteiger partial charge is 0.486 e. The molecule has 0 spiro atoms. The molecule has 0 aliphatic heterocycles. The smallest absolute Gasteiger partial charge is 0.291 e. The Hall–Kier alpha value is -3.79. The average molecular weight is 412 g/mol. The molecule has 0 aliphatic rings. The third kappa shape index (κ3) is 5.43. The first kappa shape index (κ1) is 20.5. The first-order valence-electron chi connectivity index (χ1n) is 10.5. The van der Waals surface area contributed by atoms with E-state index >= 15 is 0 Å². The fraction of sp³-hybridized carbons (Fsp3) is 0.148. The van der Waals surface area contributed by atoms with E-state index in [1.54, 1.807) is 12.1 Å². The number of hydrogen-bond donors (Lipinski definition) is 1. The number of benzene rings is 3. The molecule has 4 heteroatoms. The topological polar surface area (TPSA) is 51.5 Å². The van der Waals surface area contributed by atoms with Crippen LogP contribution in [0.2, 0.25) is 0 Å². The Kier molecular flexibility index (Phi) is 6.48. The minimum Gasteiger partial charge on any atom is -0.486 e. The van der Waals surface area contributed by atoms with Crippen LogP contribution in [0.5, 0.6) is 5.75 Å². The van der Waals surface area contributed by atoms with Gasteiger partial charge >= 0.3 is 0 Å². The highest BCUT2D eigenvalue weighted by Crippen LogP contribution is 2.22. The van der Waals surface area contributed by atoms with Crippen molar-refractivity contribution >= 4 is 11.6 Å². The lowest BCUT2D eigenvalue weighted by molar-refractivity contribution is 0.0992. The van der Waals surface area contributed by atoms with Gasteiger partial charge in [0.15, 0.2) is 5.76 Å². The summed E-state index contributed by atoms with van der Waals surface area (Å²) < 4.78 is 11.4. The zero-order chi connectivity index (χ0) is 21.5. The van der Waals surface area contributed by atoms with Gasteiger partial charge in [0, 0.05) is 5.69 Å². The summed E-state index contributed by atoms with van der Waals surface area (Å²) in [4.78, 5) is 12.5. The molecular formula is C27H25NO3. The number of anilines is 1. The van der Waals surface area contributed by atoms with Gasteiger partial charge in [-0.3, -0.25) is 4.79 Å². The van der Waals surface area contributed by atoms with Crippen molar-refractivity contribution in [1.82, 2.24) is 0 Å². The fourth-order valence-electron chi connectivity index (χ4n) is 3.34. The lowest BCUT2D eigenvalue weighted by Gasteiger charge is -2.06. The van der Waals surface area contributed by atoms with E-state index in [-0.39, 0.29) is 18.3 Å². The van der Waals surface area contributed by atoms with E-state index in [0.29, 0.717) is 11.4 Å². The van der Waals surface area contributed by atoms with Gasteiger partial charge in [0.05, 0.1) is 0 Å². The quantitative estimate of drug-likeness (QED) is 0.350. The van der Waals surface area contributed by atoms with Crippen molar-refractivity contribution in [2.24, 2.45) is 0 Å². The summed E-state index contributed by atoms with van der Waals surface area (Å²) in [5.74, 6) is 1.34. The number of carbonyl (C=O) groups is 1. The van der Waals surface area contributed by atoms with E-state index in [9.17, 15) is 4.79 Å². The minimum atomic E-state index is -0.289. The molecule has 1 heterocycles. The Balaban J connectivity index is 1.32. The Morgan fingerprint density at radius 2 is 1.55 bits per heavy atom. The molecule has 1 aromatic heterocycles. The molecule has 4 rings (SSSR count). The third-order valence-electron chi connectivity index (χ3n) is 4.98. The molecule has 0 radical (unpaired) electrons. The molecule has 1 N–H and O–H groups in total. The number of carbonyl (C=O) groups excluding carboxylic acids is 1. The zero-order valence-electron chi connectivity index (χ0n) is 17.5. The number of rotatable bonds is 8. The van der Waals surface area contributed by atoms with Gasteiger partial charge in [0.25, 0.3) is 5.91 Å². The van der Waals surface area contributed by atoms with Crippen molar-refractivity contribution in [3.05, 3.63) is 108 Å². The highest BCUT2D eigenvalue weighted by atomic mass is 16.5. The molecule has 0 atom stereocenters. The average Bonchev–Trinajstić information content (AvgIpc) is 3.29. The minimum absolute atomic E-state index is 0.254. The highest BCUT2D eigenvalue weighted by molar-refractivity contribution is 6.02. The second kappa shape index (κ2) is 9.81. The monoisotopic (exact) mass is 411 g/mol. The Morgan fingerprint density at radius 3 is 2.26 bits per heavy atom. The number of amides is 1. The lowest BCUT2D eigenvalue weighted by atomic mass is 10.1. The van der Waals surface area contributed by atoms with Gasteiger partial charge in [0.2, 0.25) is 0 Å². The van der Waals surface area contributed by atoms with Crippen LogP contribution in [-0.4, -0.2) is 5.91 Å². The summed E-state index contributed by atoms with van der Waals surface area (Å²) in [6, 6.07) is 29.3. The highest BCUT2D eigenvalue weighted by Gasteiger charge is 2.12. The van der Waals surface area contributed by atoms with Crippen LogP contribution in [0.3, 0.4) is 0 Å². The Bertz CT molecular complexity index is 1110. The van der Waals surface area contributed by atoms with Gasteiger partial charge in [-0.25, -0.2) is 0 Å². The summed E-state index contributed by atoms with van der Waals surface area (Å²) in [5, 5.41) is 2.87. The van der Waals surface area contributed by atoms with Crippen molar-refractivity contribution in [1.29, 1.82) is 0 Å². The van der Waals surface area contributed by atoms with E-state index in [1.165, 1.54) is 5.56 Å². The second-order valence-corrected chi connectivity index (χ2v) is 7.35. The molecule has 31 heavy (non-hydrogen) atoms. The van der Waals surface area contributed by atoms with Crippen LogP contribution in [0.1, 0.15) is 35.2 Å². The van der Waals surface area contributed by atoms with Crippen LogP contribution < -0.4 is 10.1 Å². The van der Waals surface area contributed by atoms with Gasteiger partial charge in [-0.1, -0.05) is 67.9 Å². The normalized spacial score (nSPS) is 10.6. The van der Waals surface area contributed by atoms with Crippen molar-refractivity contribution in [2.75, 3.05) is 5.32 Å². The van der Waals surface area contributed by atoms with E-state index in [4.69, 9.17) is 9.15 Å². The van der Waals surface area contributed by atoms with E-state index in [1.807, 2.05) is 54.6 Å². The molecular weight excluding hydrogens is 386 g/mol. The molecule has 1 amide bonds. The molecule has 4 nitrogen and oxygen atoms in total. The number of ether oxygens (including phenoxy) is 1. The first-order chi connectivity index (χ1) is 15.2. The predicted molar refractivity (Wildman–Crippen MR) is 123 cm³/mol. The number of furan rings is 1. The second-order valence-electron chi connectivity index (χ2n) is 7.35. The molecule has 0 bridgehead atoms. The maximum atomic E-state index is 12.5. The maximum absolute atomic E-state index is 12.5. The van der Waals surface area contributed by atoms with Crippen molar-refractivity contribution < 1.29 is 13.9 Å². The Morgan fingerprint density at radius 1 is 0.839 bits per heavy atom. The molecule has 0 aliphatic carbocycles. The number of nitrogens with one attached hydrogen (secondary N) is 1. The molecule has 0 unspecified atom stereocenters. The van der Waals surface area contributed by atoms with Crippen molar-refractivity contribution in [2.45, 2.75) is 26.4 Å². The van der Waals surface area contributed by atoms with Crippen LogP contribution in [0.4, 0.5) is 5.69 Å². The van der Waals surface area contributed by atoms with Crippen molar-refractivity contribution in [3.63, 3.8) is 0 Å². The van der Waals surface area contributed by atoms with E-state index < -0.39 is 0 Å². The number of hydrogen-bond acceptors (Lipinski definition) is 3. The molecule has 4 aromatic rings. The van der Waals surface area contributed by atoms with E-state index in [0.717, 1.165) is 29.7 Å². The van der Waals surface area contributed by atoms with Gasteiger partial charge in [-0.15, -0.1) is 0 Å². The molecule has 0 saturated heterocycles. The van der Waals surface area contributed by atoms with Gasteiger partial charge in [-0.05, 0) is 59.5 Å². The third-order valence-corrected chi connectivity index (χ3v) is 4.98. The summed E-state index contributed by atoms with van der Waals surface area (Å²) in [6.07, 6.45) is 2.18. The SMILES string of the molecule is CCCc1ccc(OCc2ccc(C(=O)Nc3ccc(-c4ccccc4)cc3)o2)cc1. The van der Waals surface area contributed by atoms with Gasteiger partial charge in [0.1, 0.15) is 18.1 Å². The van der Waals surface area contributed by atoms with Crippen LogP contribution in [0.15, 0.2) is 95.4 Å². The first-order valence-corrected chi connectivity index (χ1v) is 10.5. The maximum Gasteiger partial charge on any atom is 0.291 e. The molecule has 0 saturated carbocycles. The van der Waals surface area contributed by atoms with Gasteiger partial charge < -0.3 is 14.5 Å². The molecule has 3 aromatic carbocycles. The molecule has 0 fully saturated rings. The summed E-state index contributed by atoms with van der Waals surface area (Å²) in [5.41, 5.74) is 4.24. The zero-order valence-corrected chi connectivity index (χ0v) is 17.5. The summed E-state index contributed by atoms with van der Waals surface area (Å²) in [6.45, 7) is 2.43.